The van der Waals surface area contributed by atoms with Crippen LogP contribution < -0.4 is 0 Å². The molecule has 104 valence electrons. The topological polar surface area (TPSA) is 57.6 Å². The third kappa shape index (κ3) is 3.81. The average molecular weight is 263 g/mol. The zero-order valence-corrected chi connectivity index (χ0v) is 12.2. The van der Waals surface area contributed by atoms with E-state index in [-0.39, 0.29) is 5.41 Å². The van der Waals surface area contributed by atoms with Crippen LogP contribution in [0.25, 0.3) is 0 Å². The van der Waals surface area contributed by atoms with E-state index in [1.54, 1.807) is 0 Å². The van der Waals surface area contributed by atoms with Crippen LogP contribution in [-0.2, 0) is 21.5 Å². The molecular weight excluding hydrogens is 242 g/mol. The monoisotopic (exact) mass is 263 g/mol. The summed E-state index contributed by atoms with van der Waals surface area (Å²) in [5.41, 5.74) is 3.23. The number of carboxylic acids is 1. The van der Waals surface area contributed by atoms with Gasteiger partial charge < -0.3 is 10.0 Å². The molecule has 0 saturated heterocycles. The first-order valence-corrected chi connectivity index (χ1v) is 6.21. The minimum absolute atomic E-state index is 0.0256. The van der Waals surface area contributed by atoms with Crippen LogP contribution in [0.5, 0.6) is 0 Å². The Balaban J connectivity index is 3.01. The largest absolute Gasteiger partial charge is 0.474 e. The highest BCUT2D eigenvalue weighted by atomic mass is 16.4. The number of nitrogens with zero attached hydrogens (tertiary/aromatic N) is 1. The minimum atomic E-state index is -1.42. The SMILES string of the molecule is Cc1ccc(C(C)(C)C)cc1CN(C)C(=O)C(=O)O. The summed E-state index contributed by atoms with van der Waals surface area (Å²) in [5, 5.41) is 8.69. The molecule has 1 amide bonds. The summed E-state index contributed by atoms with van der Waals surface area (Å²) in [5.74, 6) is -2.31. The number of benzene rings is 1. The van der Waals surface area contributed by atoms with Crippen molar-refractivity contribution in [2.45, 2.75) is 39.7 Å². The van der Waals surface area contributed by atoms with Crippen LogP contribution >= 0.6 is 0 Å². The number of hydrogen-bond acceptors (Lipinski definition) is 2. The normalized spacial score (nSPS) is 11.2. The fraction of sp³-hybridized carbons (Fsp3) is 0.467. The molecule has 0 fully saturated rings. The number of carboxylic acid groups (broad SMARTS) is 1. The molecule has 1 rings (SSSR count). The number of hydrogen-bond donors (Lipinski definition) is 1. The number of aliphatic carboxylic acids is 1. The number of carbonyl (C=O) groups excluding carboxylic acids is 1. The number of likely N-dealkylation sites (N-methyl/N-ethyl adjacent to an activating group) is 1. The molecule has 0 aromatic heterocycles. The molecule has 0 saturated carbocycles. The maximum atomic E-state index is 11.4. The Morgan fingerprint density at radius 2 is 1.84 bits per heavy atom. The van der Waals surface area contributed by atoms with Gasteiger partial charge in [0, 0.05) is 13.6 Å². The van der Waals surface area contributed by atoms with Gasteiger partial charge in [-0.2, -0.15) is 0 Å². The van der Waals surface area contributed by atoms with Crippen LogP contribution in [0.15, 0.2) is 18.2 Å². The van der Waals surface area contributed by atoms with E-state index in [2.05, 4.69) is 26.8 Å². The number of amides is 1. The van der Waals surface area contributed by atoms with Crippen LogP contribution in [0.2, 0.25) is 0 Å². The number of aryl methyl sites for hydroxylation is 1. The van der Waals surface area contributed by atoms with Gasteiger partial charge in [0.1, 0.15) is 0 Å². The zero-order chi connectivity index (χ0) is 14.8. The first-order chi connectivity index (χ1) is 8.62. The molecule has 4 heteroatoms. The summed E-state index contributed by atoms with van der Waals surface area (Å²) in [7, 11) is 1.50. The maximum Gasteiger partial charge on any atom is 0.394 e. The van der Waals surface area contributed by atoms with Gasteiger partial charge in [-0.1, -0.05) is 39.0 Å². The summed E-state index contributed by atoms with van der Waals surface area (Å²) in [4.78, 5) is 23.2. The molecule has 0 heterocycles. The van der Waals surface area contributed by atoms with Crippen LogP contribution in [0.3, 0.4) is 0 Å². The Labute approximate surface area is 114 Å². The van der Waals surface area contributed by atoms with Gasteiger partial charge in [0.2, 0.25) is 0 Å². The molecule has 0 aliphatic carbocycles. The van der Waals surface area contributed by atoms with E-state index in [0.29, 0.717) is 6.54 Å². The van der Waals surface area contributed by atoms with Gasteiger partial charge in [0.25, 0.3) is 0 Å². The van der Waals surface area contributed by atoms with Crippen LogP contribution in [0.1, 0.15) is 37.5 Å². The van der Waals surface area contributed by atoms with Crippen LogP contribution in [0.4, 0.5) is 0 Å². The van der Waals surface area contributed by atoms with E-state index in [9.17, 15) is 9.59 Å². The van der Waals surface area contributed by atoms with Gasteiger partial charge in [-0.3, -0.25) is 4.79 Å². The van der Waals surface area contributed by atoms with Gasteiger partial charge in [-0.15, -0.1) is 0 Å². The molecule has 1 aromatic carbocycles. The molecule has 0 aliphatic rings. The lowest BCUT2D eigenvalue weighted by atomic mass is 9.85. The zero-order valence-electron chi connectivity index (χ0n) is 12.2. The lowest BCUT2D eigenvalue weighted by Gasteiger charge is -2.22. The molecule has 1 aromatic rings. The van der Waals surface area contributed by atoms with Gasteiger partial charge >= 0.3 is 11.9 Å². The summed E-state index contributed by atoms with van der Waals surface area (Å²) in [6.07, 6.45) is 0. The van der Waals surface area contributed by atoms with Crippen LogP contribution in [0, 0.1) is 6.92 Å². The second-order valence-electron chi connectivity index (χ2n) is 5.86. The van der Waals surface area contributed by atoms with Gasteiger partial charge in [0.15, 0.2) is 0 Å². The predicted molar refractivity (Wildman–Crippen MR) is 74.0 cm³/mol. The Kier molecular flexibility index (Phi) is 4.35. The first-order valence-electron chi connectivity index (χ1n) is 6.21. The van der Waals surface area contributed by atoms with Gasteiger partial charge in [-0.05, 0) is 29.0 Å². The Morgan fingerprint density at radius 1 is 1.26 bits per heavy atom. The predicted octanol–water partition coefficient (Wildman–Crippen LogP) is 2.34. The molecule has 4 nitrogen and oxygen atoms in total. The van der Waals surface area contributed by atoms with E-state index >= 15 is 0 Å². The lowest BCUT2D eigenvalue weighted by Crippen LogP contribution is -2.32. The Hall–Kier alpha value is -1.84. The molecule has 0 atom stereocenters. The van der Waals surface area contributed by atoms with E-state index in [1.807, 2.05) is 19.1 Å². The van der Waals surface area contributed by atoms with E-state index in [1.165, 1.54) is 17.5 Å². The van der Waals surface area contributed by atoms with Crippen molar-refractivity contribution < 1.29 is 14.7 Å². The summed E-state index contributed by atoms with van der Waals surface area (Å²) < 4.78 is 0. The second-order valence-corrected chi connectivity index (χ2v) is 5.86. The summed E-state index contributed by atoms with van der Waals surface area (Å²) in [6, 6.07) is 6.12. The maximum absolute atomic E-state index is 11.4. The number of carbonyl (C=O) groups is 2. The average Bonchev–Trinajstić information content (AvgIpc) is 2.29. The van der Waals surface area contributed by atoms with Crippen molar-refractivity contribution in [3.63, 3.8) is 0 Å². The molecule has 0 aliphatic heterocycles. The highest BCUT2D eigenvalue weighted by molar-refractivity contribution is 6.31. The molecule has 0 spiro atoms. The van der Waals surface area contributed by atoms with Gasteiger partial charge in [0.05, 0.1) is 0 Å². The van der Waals surface area contributed by atoms with Crippen molar-refractivity contribution in [1.29, 1.82) is 0 Å². The summed E-state index contributed by atoms with van der Waals surface area (Å²) in [6.45, 7) is 8.62. The molecule has 0 unspecified atom stereocenters. The quantitative estimate of drug-likeness (QED) is 0.833. The van der Waals surface area contributed by atoms with Crippen molar-refractivity contribution in [2.75, 3.05) is 7.05 Å². The Bertz CT molecular complexity index is 501. The van der Waals surface area contributed by atoms with Crippen LogP contribution in [-0.4, -0.2) is 28.9 Å². The van der Waals surface area contributed by atoms with Crippen molar-refractivity contribution in [3.8, 4) is 0 Å². The highest BCUT2D eigenvalue weighted by Crippen LogP contribution is 2.25. The van der Waals surface area contributed by atoms with E-state index in [4.69, 9.17) is 5.11 Å². The van der Waals surface area contributed by atoms with Gasteiger partial charge in [-0.25, -0.2) is 4.79 Å². The van der Waals surface area contributed by atoms with E-state index < -0.39 is 11.9 Å². The molecular formula is C15H21NO3. The molecule has 0 bridgehead atoms. The fourth-order valence-electron chi connectivity index (χ4n) is 1.80. The molecule has 0 radical (unpaired) electrons. The number of rotatable bonds is 2. The lowest BCUT2D eigenvalue weighted by molar-refractivity contribution is -0.155. The third-order valence-corrected chi connectivity index (χ3v) is 3.15. The van der Waals surface area contributed by atoms with Crippen molar-refractivity contribution >= 4 is 11.9 Å². The van der Waals surface area contributed by atoms with E-state index in [0.717, 1.165) is 11.1 Å². The first kappa shape index (κ1) is 15.2. The fourth-order valence-corrected chi connectivity index (χ4v) is 1.80. The smallest absolute Gasteiger partial charge is 0.394 e. The second kappa shape index (κ2) is 5.43. The van der Waals surface area contributed by atoms with Crippen molar-refractivity contribution in [3.05, 3.63) is 34.9 Å². The van der Waals surface area contributed by atoms with Crippen molar-refractivity contribution in [2.24, 2.45) is 0 Å². The minimum Gasteiger partial charge on any atom is -0.474 e. The highest BCUT2D eigenvalue weighted by Gasteiger charge is 2.19. The standard InChI is InChI=1S/C15H21NO3/c1-10-6-7-12(15(2,3)4)8-11(10)9-16(5)13(17)14(18)19/h6-8H,9H2,1-5H3,(H,18,19). The Morgan fingerprint density at radius 3 is 2.32 bits per heavy atom. The summed E-state index contributed by atoms with van der Waals surface area (Å²) >= 11 is 0. The molecule has 19 heavy (non-hydrogen) atoms. The molecule has 1 N–H and O–H groups in total. The van der Waals surface area contributed by atoms with Crippen molar-refractivity contribution in [1.82, 2.24) is 4.90 Å². The third-order valence-electron chi connectivity index (χ3n) is 3.15.